The zero-order chi connectivity index (χ0) is 9.10. The molecule has 0 amide bonds. The summed E-state index contributed by atoms with van der Waals surface area (Å²) < 4.78 is 17.3. The third-order valence-corrected chi connectivity index (χ3v) is 2.71. The van der Waals surface area contributed by atoms with E-state index in [9.17, 15) is 0 Å². The summed E-state index contributed by atoms with van der Waals surface area (Å²) >= 11 is 1.61. The zero-order valence-electron chi connectivity index (χ0n) is 7.49. The molecular weight excluding hydrogens is 187 g/mol. The minimum Gasteiger partial charge on any atom is -0.493 e. The van der Waals surface area contributed by atoms with E-state index in [1.165, 1.54) is 0 Å². The molecule has 1 aliphatic heterocycles. The Kier molecular flexibility index (Phi) is 2.88. The SMILES string of the molecule is CCOc1ccsc1B1OCCO1. The van der Waals surface area contributed by atoms with Gasteiger partial charge in [0.05, 0.1) is 24.6 Å². The van der Waals surface area contributed by atoms with E-state index in [-0.39, 0.29) is 7.12 Å². The highest BCUT2D eigenvalue weighted by molar-refractivity contribution is 7.21. The molecule has 1 fully saturated rings. The van der Waals surface area contributed by atoms with Crippen molar-refractivity contribution in [3.63, 3.8) is 0 Å². The van der Waals surface area contributed by atoms with Gasteiger partial charge in [0.2, 0.25) is 0 Å². The summed E-state index contributed by atoms with van der Waals surface area (Å²) in [6.45, 7) is 4.00. The Labute approximate surface area is 81.8 Å². The van der Waals surface area contributed by atoms with Gasteiger partial charge in [-0.3, -0.25) is 0 Å². The molecule has 2 rings (SSSR count). The minimum atomic E-state index is -0.207. The van der Waals surface area contributed by atoms with E-state index in [1.54, 1.807) is 11.3 Å². The van der Waals surface area contributed by atoms with Crippen LogP contribution in [0.3, 0.4) is 0 Å². The monoisotopic (exact) mass is 198 g/mol. The van der Waals surface area contributed by atoms with Crippen molar-refractivity contribution >= 4 is 23.2 Å². The fourth-order valence-electron chi connectivity index (χ4n) is 1.27. The third kappa shape index (κ3) is 1.87. The molecule has 5 heteroatoms. The van der Waals surface area contributed by atoms with Gasteiger partial charge in [0.25, 0.3) is 0 Å². The van der Waals surface area contributed by atoms with Crippen molar-refractivity contribution in [3.8, 4) is 5.75 Å². The van der Waals surface area contributed by atoms with Gasteiger partial charge in [0.15, 0.2) is 0 Å². The highest BCUT2D eigenvalue weighted by Crippen LogP contribution is 2.16. The fraction of sp³-hybridized carbons (Fsp3) is 0.500. The van der Waals surface area contributed by atoms with Gasteiger partial charge in [0.1, 0.15) is 5.75 Å². The second-order valence-electron chi connectivity index (χ2n) is 2.66. The predicted molar refractivity (Wildman–Crippen MR) is 52.8 cm³/mol. The van der Waals surface area contributed by atoms with Gasteiger partial charge < -0.3 is 14.0 Å². The molecule has 70 valence electrons. The molecule has 0 spiro atoms. The summed E-state index contributed by atoms with van der Waals surface area (Å²) in [4.78, 5) is 0. The molecule has 0 saturated carbocycles. The van der Waals surface area contributed by atoms with Crippen LogP contribution >= 0.6 is 11.3 Å². The first-order valence-electron chi connectivity index (χ1n) is 4.35. The molecule has 1 aromatic rings. The maximum atomic E-state index is 5.44. The number of hydrogen-bond acceptors (Lipinski definition) is 4. The highest BCUT2D eigenvalue weighted by atomic mass is 32.1. The molecule has 0 aliphatic carbocycles. The van der Waals surface area contributed by atoms with E-state index in [0.717, 1.165) is 10.5 Å². The summed E-state index contributed by atoms with van der Waals surface area (Å²) in [6.07, 6.45) is 0. The van der Waals surface area contributed by atoms with Gasteiger partial charge in [-0.15, -0.1) is 11.3 Å². The van der Waals surface area contributed by atoms with Crippen LogP contribution in [0.15, 0.2) is 11.4 Å². The van der Waals surface area contributed by atoms with Gasteiger partial charge in [0, 0.05) is 0 Å². The van der Waals surface area contributed by atoms with Crippen LogP contribution in [-0.4, -0.2) is 26.9 Å². The third-order valence-electron chi connectivity index (χ3n) is 1.79. The van der Waals surface area contributed by atoms with Crippen LogP contribution in [0, 0.1) is 0 Å². The normalized spacial score (nSPS) is 16.5. The lowest BCUT2D eigenvalue weighted by Crippen LogP contribution is -2.30. The maximum Gasteiger partial charge on any atom is 0.508 e. The largest absolute Gasteiger partial charge is 0.508 e. The minimum absolute atomic E-state index is 0.207. The lowest BCUT2D eigenvalue weighted by Gasteiger charge is -2.05. The lowest BCUT2D eigenvalue weighted by atomic mass is 9.88. The van der Waals surface area contributed by atoms with Crippen LogP contribution in [0.5, 0.6) is 5.75 Å². The van der Waals surface area contributed by atoms with E-state index in [0.29, 0.717) is 19.8 Å². The molecule has 0 unspecified atom stereocenters. The first-order chi connectivity index (χ1) is 6.42. The van der Waals surface area contributed by atoms with Crippen molar-refractivity contribution in [1.82, 2.24) is 0 Å². The smallest absolute Gasteiger partial charge is 0.493 e. The molecule has 3 nitrogen and oxygen atoms in total. The van der Waals surface area contributed by atoms with E-state index in [4.69, 9.17) is 14.0 Å². The zero-order valence-corrected chi connectivity index (χ0v) is 8.30. The number of thiophene rings is 1. The number of hydrogen-bond donors (Lipinski definition) is 0. The van der Waals surface area contributed by atoms with Gasteiger partial charge in [-0.2, -0.15) is 0 Å². The van der Waals surface area contributed by atoms with Crippen molar-refractivity contribution in [2.24, 2.45) is 0 Å². The Balaban J connectivity index is 2.13. The van der Waals surface area contributed by atoms with Gasteiger partial charge in [-0.1, -0.05) is 0 Å². The molecule has 13 heavy (non-hydrogen) atoms. The van der Waals surface area contributed by atoms with Crippen LogP contribution in [0.4, 0.5) is 0 Å². The lowest BCUT2D eigenvalue weighted by molar-refractivity contribution is 0.340. The van der Waals surface area contributed by atoms with Crippen molar-refractivity contribution in [2.45, 2.75) is 6.92 Å². The van der Waals surface area contributed by atoms with Crippen LogP contribution in [0.25, 0.3) is 0 Å². The van der Waals surface area contributed by atoms with Crippen LogP contribution in [-0.2, 0) is 9.31 Å². The average Bonchev–Trinajstić information content (AvgIpc) is 2.71. The van der Waals surface area contributed by atoms with E-state index in [2.05, 4.69) is 0 Å². The molecule has 0 N–H and O–H groups in total. The molecule has 1 aromatic heterocycles. The molecule has 0 bridgehead atoms. The summed E-state index contributed by atoms with van der Waals surface area (Å²) in [5, 5.41) is 1.99. The summed E-state index contributed by atoms with van der Waals surface area (Å²) in [5.41, 5.74) is 0. The summed E-state index contributed by atoms with van der Waals surface area (Å²) in [5.74, 6) is 0.888. The highest BCUT2D eigenvalue weighted by Gasteiger charge is 2.30. The molecular formula is C8H11BO3S. The second-order valence-corrected chi connectivity index (χ2v) is 3.60. The first-order valence-corrected chi connectivity index (χ1v) is 5.23. The van der Waals surface area contributed by atoms with E-state index in [1.807, 2.05) is 18.4 Å². The molecule has 0 atom stereocenters. The van der Waals surface area contributed by atoms with Crippen molar-refractivity contribution in [2.75, 3.05) is 19.8 Å². The Morgan fingerprint density at radius 3 is 3.00 bits per heavy atom. The molecule has 1 aliphatic rings. The van der Waals surface area contributed by atoms with E-state index >= 15 is 0 Å². The second kappa shape index (κ2) is 4.13. The standard InChI is InChI=1S/C8H11BO3S/c1-2-10-7-3-6-13-8(7)9-11-4-5-12-9/h3,6H,2,4-5H2,1H3. The predicted octanol–water partition coefficient (Wildman–Crippen LogP) is 0.889. The number of rotatable bonds is 3. The average molecular weight is 198 g/mol. The Bertz CT molecular complexity index is 270. The van der Waals surface area contributed by atoms with Crippen molar-refractivity contribution in [3.05, 3.63) is 11.4 Å². The van der Waals surface area contributed by atoms with Gasteiger partial charge in [-0.25, -0.2) is 0 Å². The Hall–Kier alpha value is -0.515. The Morgan fingerprint density at radius 2 is 2.31 bits per heavy atom. The summed E-state index contributed by atoms with van der Waals surface area (Å²) in [6, 6.07) is 1.95. The molecule has 0 radical (unpaired) electrons. The molecule has 2 heterocycles. The topological polar surface area (TPSA) is 27.7 Å². The van der Waals surface area contributed by atoms with E-state index < -0.39 is 0 Å². The fourth-order valence-corrected chi connectivity index (χ4v) is 2.09. The quantitative estimate of drug-likeness (QED) is 0.675. The maximum absolute atomic E-state index is 5.44. The van der Waals surface area contributed by atoms with Crippen molar-refractivity contribution < 1.29 is 14.0 Å². The number of ether oxygens (including phenoxy) is 1. The first kappa shape index (κ1) is 9.06. The van der Waals surface area contributed by atoms with Gasteiger partial charge in [-0.05, 0) is 18.4 Å². The van der Waals surface area contributed by atoms with Crippen LogP contribution < -0.4 is 9.51 Å². The van der Waals surface area contributed by atoms with Crippen molar-refractivity contribution in [1.29, 1.82) is 0 Å². The molecule has 1 saturated heterocycles. The van der Waals surface area contributed by atoms with Crippen LogP contribution in [0.1, 0.15) is 6.92 Å². The summed E-state index contributed by atoms with van der Waals surface area (Å²) in [7, 11) is -0.207. The molecule has 0 aromatic carbocycles. The van der Waals surface area contributed by atoms with Gasteiger partial charge >= 0.3 is 7.12 Å². The van der Waals surface area contributed by atoms with Crippen LogP contribution in [0.2, 0.25) is 0 Å². The Morgan fingerprint density at radius 1 is 1.54 bits per heavy atom.